The summed E-state index contributed by atoms with van der Waals surface area (Å²) in [7, 11) is 1.86. The fourth-order valence-electron chi connectivity index (χ4n) is 2.26. The second-order valence-electron chi connectivity index (χ2n) is 4.98. The Kier molecular flexibility index (Phi) is 4.03. The van der Waals surface area contributed by atoms with Crippen LogP contribution in [-0.4, -0.2) is 23.1 Å². The van der Waals surface area contributed by atoms with Crippen molar-refractivity contribution in [3.05, 3.63) is 58.8 Å². The summed E-state index contributed by atoms with van der Waals surface area (Å²) in [5, 5.41) is 9.34. The number of pyridine rings is 1. The van der Waals surface area contributed by atoms with Gasteiger partial charge in [-0.2, -0.15) is 0 Å². The molecule has 0 aliphatic rings. The van der Waals surface area contributed by atoms with Gasteiger partial charge in [0.25, 0.3) is 0 Å². The number of carboxylic acids is 1. The lowest BCUT2D eigenvalue weighted by molar-refractivity contribution is 0.0696. The molecule has 4 heteroatoms. The van der Waals surface area contributed by atoms with Crippen molar-refractivity contribution in [2.75, 3.05) is 11.9 Å². The predicted molar refractivity (Wildman–Crippen MR) is 79.2 cm³/mol. The van der Waals surface area contributed by atoms with Gasteiger partial charge in [0.1, 0.15) is 11.4 Å². The second kappa shape index (κ2) is 5.74. The molecular formula is C16H18N2O2. The van der Waals surface area contributed by atoms with Crippen molar-refractivity contribution >= 4 is 11.8 Å². The average Bonchev–Trinajstić information content (AvgIpc) is 2.37. The first-order valence-electron chi connectivity index (χ1n) is 6.44. The van der Waals surface area contributed by atoms with Crippen LogP contribution < -0.4 is 4.90 Å². The second-order valence-corrected chi connectivity index (χ2v) is 4.98. The number of aromatic nitrogens is 1. The van der Waals surface area contributed by atoms with Crippen LogP contribution in [0.1, 0.15) is 27.0 Å². The number of anilines is 1. The number of carboxylic acid groups (broad SMARTS) is 1. The van der Waals surface area contributed by atoms with Gasteiger partial charge in [0.15, 0.2) is 0 Å². The Bertz CT molecular complexity index is 638. The number of hydrogen-bond acceptors (Lipinski definition) is 3. The van der Waals surface area contributed by atoms with Crippen LogP contribution >= 0.6 is 0 Å². The topological polar surface area (TPSA) is 53.4 Å². The molecule has 1 N–H and O–H groups in total. The van der Waals surface area contributed by atoms with Crippen LogP contribution in [0.25, 0.3) is 0 Å². The zero-order valence-electron chi connectivity index (χ0n) is 11.9. The quantitative estimate of drug-likeness (QED) is 0.927. The highest BCUT2D eigenvalue weighted by Crippen LogP contribution is 2.21. The molecule has 1 aromatic carbocycles. The summed E-state index contributed by atoms with van der Waals surface area (Å²) in [6.07, 6.45) is 1.64. The van der Waals surface area contributed by atoms with E-state index in [1.54, 1.807) is 19.2 Å². The lowest BCUT2D eigenvalue weighted by Gasteiger charge is -2.21. The predicted octanol–water partition coefficient (Wildman–Crippen LogP) is 3.03. The van der Waals surface area contributed by atoms with E-state index >= 15 is 0 Å². The monoisotopic (exact) mass is 270 g/mol. The highest BCUT2D eigenvalue weighted by molar-refractivity contribution is 5.94. The Labute approximate surface area is 118 Å². The van der Waals surface area contributed by atoms with Gasteiger partial charge in [-0.1, -0.05) is 29.8 Å². The van der Waals surface area contributed by atoms with Crippen molar-refractivity contribution in [3.8, 4) is 0 Å². The van der Waals surface area contributed by atoms with E-state index in [9.17, 15) is 9.90 Å². The van der Waals surface area contributed by atoms with Gasteiger partial charge in [0.05, 0.1) is 0 Å². The van der Waals surface area contributed by atoms with Crippen LogP contribution in [0.15, 0.2) is 36.5 Å². The highest BCUT2D eigenvalue weighted by atomic mass is 16.4. The van der Waals surface area contributed by atoms with E-state index in [2.05, 4.69) is 11.1 Å². The molecular weight excluding hydrogens is 252 g/mol. The van der Waals surface area contributed by atoms with Crippen LogP contribution in [0.2, 0.25) is 0 Å². The van der Waals surface area contributed by atoms with E-state index in [1.165, 1.54) is 5.56 Å². The largest absolute Gasteiger partial charge is 0.478 e. The van der Waals surface area contributed by atoms with Gasteiger partial charge in [-0.3, -0.25) is 0 Å². The number of carbonyl (C=O) groups is 1. The molecule has 0 unspecified atom stereocenters. The molecule has 0 spiro atoms. The van der Waals surface area contributed by atoms with Crippen molar-refractivity contribution in [1.82, 2.24) is 4.98 Å². The van der Waals surface area contributed by atoms with Gasteiger partial charge in [0, 0.05) is 19.8 Å². The van der Waals surface area contributed by atoms with Crippen molar-refractivity contribution in [3.63, 3.8) is 0 Å². The summed E-state index contributed by atoms with van der Waals surface area (Å²) in [5.74, 6) is -0.444. The Morgan fingerprint density at radius 1 is 1.30 bits per heavy atom. The molecule has 0 fully saturated rings. The first kappa shape index (κ1) is 14.1. The van der Waals surface area contributed by atoms with E-state index in [1.807, 2.05) is 37.1 Å². The van der Waals surface area contributed by atoms with E-state index in [-0.39, 0.29) is 5.56 Å². The van der Waals surface area contributed by atoms with E-state index < -0.39 is 5.97 Å². The van der Waals surface area contributed by atoms with Gasteiger partial charge < -0.3 is 10.0 Å². The van der Waals surface area contributed by atoms with Crippen molar-refractivity contribution in [2.45, 2.75) is 20.4 Å². The third-order valence-corrected chi connectivity index (χ3v) is 3.22. The van der Waals surface area contributed by atoms with Crippen LogP contribution in [-0.2, 0) is 6.54 Å². The Morgan fingerprint density at radius 2 is 2.05 bits per heavy atom. The molecule has 2 rings (SSSR count). The van der Waals surface area contributed by atoms with Gasteiger partial charge in [-0.15, -0.1) is 0 Å². The minimum absolute atomic E-state index is 0.266. The van der Waals surface area contributed by atoms with Gasteiger partial charge >= 0.3 is 5.97 Å². The molecule has 104 valence electrons. The zero-order chi connectivity index (χ0) is 14.7. The van der Waals surface area contributed by atoms with Crippen LogP contribution in [0, 0.1) is 13.8 Å². The fourth-order valence-corrected chi connectivity index (χ4v) is 2.26. The van der Waals surface area contributed by atoms with Crippen LogP contribution in [0.4, 0.5) is 5.82 Å². The summed E-state index contributed by atoms with van der Waals surface area (Å²) in [5.41, 5.74) is 3.31. The summed E-state index contributed by atoms with van der Waals surface area (Å²) in [6, 6.07) is 9.87. The highest BCUT2D eigenvalue weighted by Gasteiger charge is 2.17. The van der Waals surface area contributed by atoms with Crippen molar-refractivity contribution in [1.29, 1.82) is 0 Å². The van der Waals surface area contributed by atoms with Crippen LogP contribution in [0.5, 0.6) is 0 Å². The number of benzene rings is 1. The third-order valence-electron chi connectivity index (χ3n) is 3.22. The molecule has 0 amide bonds. The maximum absolute atomic E-state index is 11.4. The molecule has 0 saturated carbocycles. The van der Waals surface area contributed by atoms with Gasteiger partial charge in [0.2, 0.25) is 0 Å². The maximum Gasteiger partial charge on any atom is 0.339 e. The zero-order valence-corrected chi connectivity index (χ0v) is 11.9. The molecule has 0 saturated heterocycles. The summed E-state index contributed by atoms with van der Waals surface area (Å²) >= 11 is 0. The Morgan fingerprint density at radius 3 is 2.70 bits per heavy atom. The standard InChI is InChI=1S/C16H18N2O2/c1-11-5-4-6-13(9-11)10-18(3)15-14(16(19)20)12(2)7-8-17-15/h4-9H,10H2,1-3H3,(H,19,20). The SMILES string of the molecule is Cc1cccc(CN(C)c2nccc(C)c2C(=O)O)c1. The minimum Gasteiger partial charge on any atom is -0.478 e. The molecule has 0 aliphatic heterocycles. The van der Waals surface area contributed by atoms with Crippen molar-refractivity contribution in [2.24, 2.45) is 0 Å². The smallest absolute Gasteiger partial charge is 0.339 e. The van der Waals surface area contributed by atoms with Crippen molar-refractivity contribution < 1.29 is 9.90 Å². The summed E-state index contributed by atoms with van der Waals surface area (Å²) < 4.78 is 0. The number of aryl methyl sites for hydroxylation is 2. The molecule has 20 heavy (non-hydrogen) atoms. The number of aromatic carboxylic acids is 1. The van der Waals surface area contributed by atoms with Crippen LogP contribution in [0.3, 0.4) is 0 Å². The first-order chi connectivity index (χ1) is 9.49. The molecule has 4 nitrogen and oxygen atoms in total. The molecule has 2 aromatic rings. The van der Waals surface area contributed by atoms with Gasteiger partial charge in [-0.25, -0.2) is 9.78 Å². The molecule has 1 aromatic heterocycles. The number of rotatable bonds is 4. The normalized spacial score (nSPS) is 10.3. The molecule has 0 aliphatic carbocycles. The fraction of sp³-hybridized carbons (Fsp3) is 0.250. The Hall–Kier alpha value is -2.36. The molecule has 1 heterocycles. The summed E-state index contributed by atoms with van der Waals surface area (Å²) in [6.45, 7) is 4.45. The molecule has 0 bridgehead atoms. The Balaban J connectivity index is 2.32. The summed E-state index contributed by atoms with van der Waals surface area (Å²) in [4.78, 5) is 17.5. The number of nitrogens with zero attached hydrogens (tertiary/aromatic N) is 2. The third kappa shape index (κ3) is 2.96. The van der Waals surface area contributed by atoms with E-state index in [0.717, 1.165) is 11.1 Å². The lowest BCUT2D eigenvalue weighted by atomic mass is 10.1. The minimum atomic E-state index is -0.943. The molecule has 0 atom stereocenters. The number of hydrogen-bond donors (Lipinski definition) is 1. The molecule has 0 radical (unpaired) electrons. The van der Waals surface area contributed by atoms with Gasteiger partial charge in [-0.05, 0) is 31.0 Å². The van der Waals surface area contributed by atoms with E-state index in [4.69, 9.17) is 0 Å². The lowest BCUT2D eigenvalue weighted by Crippen LogP contribution is -2.21. The first-order valence-corrected chi connectivity index (χ1v) is 6.44. The van der Waals surface area contributed by atoms with E-state index in [0.29, 0.717) is 12.4 Å². The average molecular weight is 270 g/mol. The maximum atomic E-state index is 11.4.